The molecule has 1 aromatic heterocycles. The maximum atomic E-state index is 14.2. The number of hydrogen-bond donors (Lipinski definition) is 1. The minimum Gasteiger partial charge on any atom is -0.447 e. The number of carbonyl (C=O) groups excluding carboxylic acids is 2. The number of benzene rings is 2. The highest BCUT2D eigenvalue weighted by atomic mass is 32.2. The van der Waals surface area contributed by atoms with Crippen LogP contribution in [0.5, 0.6) is 0 Å². The molecule has 0 aliphatic carbocycles. The summed E-state index contributed by atoms with van der Waals surface area (Å²) in [6.45, 7) is 6.19. The summed E-state index contributed by atoms with van der Waals surface area (Å²) >= 11 is 0. The third-order valence-corrected chi connectivity index (χ3v) is 12.3. The number of sulfonamides is 1. The molecular weight excluding hydrogens is 604 g/mol. The molecule has 0 bridgehead atoms. The van der Waals surface area contributed by atoms with Crippen LogP contribution in [0.4, 0.5) is 19.3 Å². The number of cyclic esters (lactones) is 1. The molecule has 2 aromatic carbocycles. The molecule has 4 atom stereocenters. The molecule has 6 rings (SSSR count). The van der Waals surface area contributed by atoms with E-state index < -0.39 is 44.5 Å². The van der Waals surface area contributed by atoms with Gasteiger partial charge in [0, 0.05) is 55.7 Å². The fourth-order valence-corrected chi connectivity index (χ4v) is 8.80. The molecule has 2 saturated heterocycles. The molecule has 12 heteroatoms. The largest absolute Gasteiger partial charge is 0.447 e. The van der Waals surface area contributed by atoms with E-state index in [4.69, 9.17) is 4.74 Å². The van der Waals surface area contributed by atoms with E-state index in [9.17, 15) is 31.9 Å². The Kier molecular flexibility index (Phi) is 7.96. The van der Waals surface area contributed by atoms with Crippen molar-refractivity contribution in [3.63, 3.8) is 0 Å². The van der Waals surface area contributed by atoms with Gasteiger partial charge in [-0.05, 0) is 80.8 Å². The maximum Gasteiger partial charge on any atom is 0.410 e. The normalized spacial score (nSPS) is 23.4. The number of fused-ring (bicyclic) bond motifs is 1. The number of rotatable bonds is 8. The van der Waals surface area contributed by atoms with Crippen molar-refractivity contribution >= 4 is 38.5 Å². The van der Waals surface area contributed by atoms with E-state index in [2.05, 4.69) is 0 Å². The number of aromatic nitrogens is 1. The van der Waals surface area contributed by atoms with E-state index in [0.717, 1.165) is 22.5 Å². The van der Waals surface area contributed by atoms with Crippen molar-refractivity contribution < 1.29 is 36.6 Å². The van der Waals surface area contributed by atoms with Crippen molar-refractivity contribution in [3.8, 4) is 0 Å². The van der Waals surface area contributed by atoms with Gasteiger partial charge in [0.25, 0.3) is 0 Å². The molecule has 4 heterocycles. The van der Waals surface area contributed by atoms with Gasteiger partial charge in [-0.2, -0.15) is 0 Å². The van der Waals surface area contributed by atoms with Crippen molar-refractivity contribution in [2.75, 3.05) is 24.5 Å². The van der Waals surface area contributed by atoms with Gasteiger partial charge < -0.3 is 19.3 Å². The Balaban J connectivity index is 1.37. The summed E-state index contributed by atoms with van der Waals surface area (Å²) < 4.78 is 62.8. The minimum absolute atomic E-state index is 0.0279. The number of nitrogens with zero attached hydrogens (tertiary/aromatic N) is 3. The lowest BCUT2D eigenvalue weighted by Gasteiger charge is -2.37. The molecule has 9 nitrogen and oxygen atoms in total. The summed E-state index contributed by atoms with van der Waals surface area (Å²) in [5.74, 6) is -2.94. The van der Waals surface area contributed by atoms with Crippen LogP contribution in [0.2, 0.25) is 0 Å². The molecular formula is C33H39F2N3O6S. The summed E-state index contributed by atoms with van der Waals surface area (Å²) in [5, 5.41) is 12.5. The second kappa shape index (κ2) is 11.4. The predicted octanol–water partition coefficient (Wildman–Crippen LogP) is 5.06. The highest BCUT2D eigenvalue weighted by molar-refractivity contribution is 7.94. The van der Waals surface area contributed by atoms with Crippen LogP contribution in [0, 0.1) is 23.5 Å². The molecule has 3 aliphatic heterocycles. The van der Waals surface area contributed by atoms with E-state index in [1.54, 1.807) is 30.9 Å². The number of ether oxygens (including phenoxy) is 1. The zero-order chi connectivity index (χ0) is 32.4. The SMILES string of the molecule is CCc1cn2c3c(cc(C(=O)C[C@@H](Cc4cc(F)cc(F)c4)[C@H](O)[C@@H]4CC[C@H]5COC(=O)N5C4)cc13)N(C)S(=O)(=O)C(C)(C)C2. The number of anilines is 1. The number of Topliss-reactive ketones (excluding diaryl/α,β-unsaturated/α-hetero) is 1. The number of ketones is 1. The molecule has 3 aliphatic rings. The number of amides is 1. The zero-order valence-electron chi connectivity index (χ0n) is 25.9. The Labute approximate surface area is 261 Å². The average Bonchev–Trinajstić information content (AvgIpc) is 3.52. The van der Waals surface area contributed by atoms with E-state index in [1.165, 1.54) is 23.5 Å². The number of carbonyl (C=O) groups is 2. The fraction of sp³-hybridized carbons (Fsp3) is 0.515. The van der Waals surface area contributed by atoms with Gasteiger partial charge in [0.1, 0.15) is 23.0 Å². The highest BCUT2D eigenvalue weighted by Crippen LogP contribution is 2.41. The molecule has 1 amide bonds. The number of halogens is 2. The number of aliphatic hydroxyl groups is 1. The second-order valence-electron chi connectivity index (χ2n) is 13.3. The number of piperidine rings is 1. The number of aryl methyl sites for hydroxylation is 1. The summed E-state index contributed by atoms with van der Waals surface area (Å²) in [7, 11) is -2.29. The summed E-state index contributed by atoms with van der Waals surface area (Å²) in [6, 6.07) is 6.48. The van der Waals surface area contributed by atoms with Crippen LogP contribution in [-0.4, -0.2) is 72.0 Å². The van der Waals surface area contributed by atoms with Gasteiger partial charge in [-0.3, -0.25) is 9.10 Å². The summed E-state index contributed by atoms with van der Waals surface area (Å²) in [6.07, 6.45) is 2.24. The highest BCUT2D eigenvalue weighted by Gasteiger charge is 2.44. The van der Waals surface area contributed by atoms with Crippen LogP contribution in [0.25, 0.3) is 10.9 Å². The minimum atomic E-state index is -3.79. The first-order valence-electron chi connectivity index (χ1n) is 15.4. The third-order valence-electron chi connectivity index (χ3n) is 9.90. The van der Waals surface area contributed by atoms with E-state index in [-0.39, 0.29) is 43.7 Å². The van der Waals surface area contributed by atoms with Gasteiger partial charge in [-0.1, -0.05) is 6.92 Å². The molecule has 3 aromatic rings. The molecule has 0 saturated carbocycles. The second-order valence-corrected chi connectivity index (χ2v) is 15.9. The van der Waals surface area contributed by atoms with Crippen LogP contribution in [0.15, 0.2) is 36.5 Å². The molecule has 45 heavy (non-hydrogen) atoms. The van der Waals surface area contributed by atoms with Crippen molar-refractivity contribution in [2.45, 2.75) is 76.3 Å². The van der Waals surface area contributed by atoms with Crippen LogP contribution < -0.4 is 4.31 Å². The van der Waals surface area contributed by atoms with Gasteiger partial charge in [-0.25, -0.2) is 22.0 Å². The van der Waals surface area contributed by atoms with Gasteiger partial charge >= 0.3 is 6.09 Å². The predicted molar refractivity (Wildman–Crippen MR) is 166 cm³/mol. The van der Waals surface area contributed by atoms with Crippen molar-refractivity contribution in [3.05, 3.63) is 64.9 Å². The van der Waals surface area contributed by atoms with Crippen molar-refractivity contribution in [2.24, 2.45) is 11.8 Å². The fourth-order valence-electron chi connectivity index (χ4n) is 7.35. The van der Waals surface area contributed by atoms with Crippen LogP contribution in [0.1, 0.15) is 61.5 Å². The lowest BCUT2D eigenvalue weighted by Crippen LogP contribution is -2.47. The van der Waals surface area contributed by atoms with Crippen LogP contribution in [0.3, 0.4) is 0 Å². The molecule has 0 spiro atoms. The van der Waals surface area contributed by atoms with E-state index in [1.807, 2.05) is 17.7 Å². The standard InChI is InChI=1S/C33H39F2N3O6S/c1-5-20-15-37-18-33(2,3)45(42,43)36(4)28-12-22(11-27(20)30(28)37)29(39)13-23(8-19-9-24(34)14-25(35)10-19)31(40)21-6-7-26-17-44-32(41)38(26)16-21/h9-12,14-15,21,23,26,31,40H,5-8,13,16-18H2,1-4H3/t21-,23-,26+,31-/m1/s1. The van der Waals surface area contributed by atoms with Crippen molar-refractivity contribution in [1.29, 1.82) is 0 Å². The zero-order valence-corrected chi connectivity index (χ0v) is 26.7. The Hall–Kier alpha value is -3.51. The Bertz CT molecular complexity index is 1770. The van der Waals surface area contributed by atoms with E-state index in [0.29, 0.717) is 42.7 Å². The first-order chi connectivity index (χ1) is 21.2. The van der Waals surface area contributed by atoms with Crippen molar-refractivity contribution in [1.82, 2.24) is 9.47 Å². The molecule has 0 unspecified atom stereocenters. The quantitative estimate of drug-likeness (QED) is 0.344. The van der Waals surface area contributed by atoms with E-state index >= 15 is 0 Å². The lowest BCUT2D eigenvalue weighted by atomic mass is 9.78. The third kappa shape index (κ3) is 5.49. The molecule has 242 valence electrons. The van der Waals surface area contributed by atoms with Crippen LogP contribution >= 0.6 is 0 Å². The average molecular weight is 644 g/mol. The first kappa shape index (κ1) is 31.5. The Morgan fingerprint density at radius 3 is 2.53 bits per heavy atom. The number of aliphatic hydroxyl groups excluding tert-OH is 1. The van der Waals surface area contributed by atoms with Gasteiger partial charge in [0.15, 0.2) is 5.78 Å². The Morgan fingerprint density at radius 1 is 1.13 bits per heavy atom. The van der Waals surface area contributed by atoms with Gasteiger partial charge in [0.05, 0.1) is 23.3 Å². The smallest absolute Gasteiger partial charge is 0.410 e. The van der Waals surface area contributed by atoms with Gasteiger partial charge in [-0.15, -0.1) is 0 Å². The monoisotopic (exact) mass is 643 g/mol. The first-order valence-corrected chi connectivity index (χ1v) is 16.9. The maximum absolute atomic E-state index is 14.2. The Morgan fingerprint density at radius 2 is 1.84 bits per heavy atom. The van der Waals surface area contributed by atoms with Gasteiger partial charge in [0.2, 0.25) is 10.0 Å². The number of hydrogen-bond acceptors (Lipinski definition) is 6. The molecule has 2 fully saturated rings. The summed E-state index contributed by atoms with van der Waals surface area (Å²) in [4.78, 5) is 28.0. The molecule has 1 N–H and O–H groups in total. The molecule has 0 radical (unpaired) electrons. The summed E-state index contributed by atoms with van der Waals surface area (Å²) in [5.41, 5.74) is 2.71. The van der Waals surface area contributed by atoms with Crippen LogP contribution in [-0.2, 0) is 34.1 Å². The lowest BCUT2D eigenvalue weighted by molar-refractivity contribution is 0.0110. The topological polar surface area (TPSA) is 109 Å².